The van der Waals surface area contributed by atoms with Crippen LogP contribution in [0.1, 0.15) is 20.3 Å². The number of carbonyl (C=O) groups is 1. The third-order valence-electron chi connectivity index (χ3n) is 4.53. The first-order chi connectivity index (χ1) is 14.0. The van der Waals surface area contributed by atoms with E-state index in [0.29, 0.717) is 24.0 Å². The lowest BCUT2D eigenvalue weighted by Gasteiger charge is -2.08. The fraction of sp³-hybridized carbons (Fsp3) is 0.318. The smallest absolute Gasteiger partial charge is 0.302 e. The zero-order valence-electron chi connectivity index (χ0n) is 16.8. The molecule has 0 unspecified atom stereocenters. The molecule has 2 aromatic carbocycles. The van der Waals surface area contributed by atoms with Crippen LogP contribution < -0.4 is 9.47 Å². The summed E-state index contributed by atoms with van der Waals surface area (Å²) in [4.78, 5) is 12.1. The molecule has 0 aliphatic rings. The molecule has 7 heteroatoms. The van der Waals surface area contributed by atoms with Gasteiger partial charge in [-0.15, -0.1) is 10.2 Å². The predicted octanol–water partition coefficient (Wildman–Crippen LogP) is 5.09. The third-order valence-corrected chi connectivity index (χ3v) is 4.53. The van der Waals surface area contributed by atoms with Gasteiger partial charge >= 0.3 is 5.91 Å². The van der Waals surface area contributed by atoms with Crippen LogP contribution >= 0.6 is 0 Å². The molecule has 1 heterocycles. The lowest BCUT2D eigenvalue weighted by molar-refractivity contribution is -0.120. The van der Waals surface area contributed by atoms with Crippen molar-refractivity contribution in [3.63, 3.8) is 0 Å². The van der Waals surface area contributed by atoms with E-state index >= 15 is 0 Å². The molecule has 0 bridgehead atoms. The van der Waals surface area contributed by atoms with Crippen molar-refractivity contribution in [2.75, 3.05) is 13.7 Å². The number of hydrogen-bond donors (Lipinski definition) is 1. The molecular formula is C22H25N3O4. The predicted molar refractivity (Wildman–Crippen MR) is 111 cm³/mol. The molecule has 7 nitrogen and oxygen atoms in total. The lowest BCUT2D eigenvalue weighted by Crippen LogP contribution is -2.08. The molecule has 152 valence electrons. The van der Waals surface area contributed by atoms with E-state index in [4.69, 9.17) is 9.47 Å². The number of hydrogen-bond acceptors (Lipinski definition) is 5. The minimum atomic E-state index is -0.561. The Bertz CT molecular complexity index is 1020. The van der Waals surface area contributed by atoms with E-state index in [1.807, 2.05) is 30.3 Å². The summed E-state index contributed by atoms with van der Waals surface area (Å²) in [6.07, 6.45) is 0.911. The van der Waals surface area contributed by atoms with Crippen LogP contribution in [-0.4, -0.2) is 29.3 Å². The van der Waals surface area contributed by atoms with Gasteiger partial charge in [0.25, 0.3) is 0 Å². The van der Waals surface area contributed by atoms with Gasteiger partial charge in [-0.2, -0.15) is 0 Å². The van der Waals surface area contributed by atoms with Gasteiger partial charge in [0.1, 0.15) is 0 Å². The fourth-order valence-corrected chi connectivity index (χ4v) is 3.00. The average molecular weight is 395 g/mol. The fourth-order valence-electron chi connectivity index (χ4n) is 3.00. The van der Waals surface area contributed by atoms with E-state index < -0.39 is 5.91 Å². The molecule has 3 aromatic rings. The number of methoxy groups -OCH3 is 1. The minimum Gasteiger partial charge on any atom is -0.493 e. The Balaban J connectivity index is 1.77. The molecule has 0 radical (unpaired) electrons. The number of amides is 1. The second-order valence-electron chi connectivity index (χ2n) is 7.06. The molecule has 0 aliphatic heterocycles. The van der Waals surface area contributed by atoms with Gasteiger partial charge in [-0.3, -0.25) is 4.79 Å². The largest absolute Gasteiger partial charge is 0.493 e. The number of para-hydroxylation sites is 3. The third kappa shape index (κ3) is 4.74. The first kappa shape index (κ1) is 20.4. The van der Waals surface area contributed by atoms with Crippen LogP contribution in [0.2, 0.25) is 0 Å². The van der Waals surface area contributed by atoms with Crippen molar-refractivity contribution in [2.24, 2.45) is 16.1 Å². The van der Waals surface area contributed by atoms with Crippen molar-refractivity contribution in [3.8, 4) is 17.4 Å². The van der Waals surface area contributed by atoms with Gasteiger partial charge in [-0.25, -0.2) is 0 Å². The number of fused-ring (bicyclic) bond motifs is 1. The van der Waals surface area contributed by atoms with Crippen LogP contribution in [0.25, 0.3) is 10.9 Å². The van der Waals surface area contributed by atoms with E-state index in [1.54, 1.807) is 22.8 Å². The quantitative estimate of drug-likeness (QED) is 0.538. The van der Waals surface area contributed by atoms with Crippen LogP contribution in [0.5, 0.6) is 17.4 Å². The monoisotopic (exact) mass is 395 g/mol. The van der Waals surface area contributed by atoms with Gasteiger partial charge < -0.3 is 19.1 Å². The maximum absolute atomic E-state index is 12.1. The van der Waals surface area contributed by atoms with Crippen molar-refractivity contribution >= 4 is 22.5 Å². The van der Waals surface area contributed by atoms with Crippen LogP contribution in [0.15, 0.2) is 58.8 Å². The van der Waals surface area contributed by atoms with Gasteiger partial charge in [0.2, 0.25) is 5.88 Å². The number of nitrogens with zero attached hydrogens (tertiary/aromatic N) is 3. The summed E-state index contributed by atoms with van der Waals surface area (Å²) in [7, 11) is 1.53. The van der Waals surface area contributed by atoms with Crippen molar-refractivity contribution in [1.29, 1.82) is 0 Å². The Morgan fingerprint density at radius 2 is 1.79 bits per heavy atom. The molecule has 0 saturated heterocycles. The van der Waals surface area contributed by atoms with E-state index in [-0.39, 0.29) is 18.2 Å². The van der Waals surface area contributed by atoms with Crippen LogP contribution in [-0.2, 0) is 11.3 Å². The van der Waals surface area contributed by atoms with Gasteiger partial charge in [0.15, 0.2) is 23.8 Å². The molecule has 0 saturated carbocycles. The molecule has 1 amide bonds. The molecule has 0 aliphatic carbocycles. The highest BCUT2D eigenvalue weighted by atomic mass is 16.5. The van der Waals surface area contributed by atoms with E-state index in [2.05, 4.69) is 24.1 Å². The van der Waals surface area contributed by atoms with Crippen molar-refractivity contribution < 1.29 is 19.4 Å². The second-order valence-corrected chi connectivity index (χ2v) is 7.06. The number of ether oxygens (including phenoxy) is 2. The van der Waals surface area contributed by atoms with Crippen LogP contribution in [0.3, 0.4) is 0 Å². The van der Waals surface area contributed by atoms with Crippen LogP contribution in [0.4, 0.5) is 5.69 Å². The second kappa shape index (κ2) is 9.23. The summed E-state index contributed by atoms with van der Waals surface area (Å²) in [5, 5.41) is 19.2. The zero-order valence-corrected chi connectivity index (χ0v) is 16.8. The van der Waals surface area contributed by atoms with Gasteiger partial charge in [0.05, 0.1) is 12.6 Å². The molecule has 0 fully saturated rings. The summed E-state index contributed by atoms with van der Waals surface area (Å²) < 4.78 is 12.5. The number of rotatable bonds is 8. The Morgan fingerprint density at radius 1 is 1.10 bits per heavy atom. The van der Waals surface area contributed by atoms with Crippen molar-refractivity contribution in [2.45, 2.75) is 26.8 Å². The molecule has 1 N–H and O–H groups in total. The first-order valence-corrected chi connectivity index (χ1v) is 9.51. The Labute approximate surface area is 169 Å². The topological polar surface area (TPSA) is 85.4 Å². The number of aromatic nitrogens is 1. The first-order valence-electron chi connectivity index (χ1n) is 9.51. The molecule has 0 atom stereocenters. The number of benzene rings is 2. The van der Waals surface area contributed by atoms with Crippen molar-refractivity contribution in [1.82, 2.24) is 4.57 Å². The molecule has 3 rings (SSSR count). The highest BCUT2D eigenvalue weighted by molar-refractivity contribution is 5.95. The van der Waals surface area contributed by atoms with Crippen LogP contribution in [0, 0.1) is 5.92 Å². The van der Waals surface area contributed by atoms with Gasteiger partial charge in [0, 0.05) is 11.9 Å². The number of aromatic hydroxyl groups is 1. The van der Waals surface area contributed by atoms with E-state index in [1.165, 1.54) is 7.11 Å². The summed E-state index contributed by atoms with van der Waals surface area (Å²) in [5.41, 5.74) is 1.15. The maximum atomic E-state index is 12.1. The number of aryl methyl sites for hydroxylation is 1. The highest BCUT2D eigenvalue weighted by Gasteiger charge is 2.17. The normalized spacial score (nSPS) is 11.4. The number of carbonyl (C=O) groups excluding carboxylic acids is 1. The van der Waals surface area contributed by atoms with Gasteiger partial charge in [-0.1, -0.05) is 44.2 Å². The lowest BCUT2D eigenvalue weighted by atomic mass is 10.1. The van der Waals surface area contributed by atoms with E-state index in [9.17, 15) is 9.90 Å². The standard InChI is InChI=1S/C22H25N3O4/c1-15(2)12-13-25-17-9-5-4-8-16(17)21(22(25)27)24-23-20(26)14-29-19-11-7-6-10-18(19)28-3/h4-11,15,27H,12-14H2,1-3H3. The Hall–Kier alpha value is -3.35. The Kier molecular flexibility index (Phi) is 6.49. The number of azo groups is 1. The molecule has 0 spiro atoms. The zero-order chi connectivity index (χ0) is 20.8. The average Bonchev–Trinajstić information content (AvgIpc) is 3.00. The SMILES string of the molecule is COc1ccccc1OCC(=O)N=Nc1c(O)n(CCC(C)C)c2ccccc12. The molecule has 29 heavy (non-hydrogen) atoms. The highest BCUT2D eigenvalue weighted by Crippen LogP contribution is 2.39. The Morgan fingerprint density at radius 3 is 2.52 bits per heavy atom. The summed E-state index contributed by atoms with van der Waals surface area (Å²) in [6.45, 7) is 4.63. The van der Waals surface area contributed by atoms with E-state index in [0.717, 1.165) is 17.3 Å². The maximum Gasteiger partial charge on any atom is 0.302 e. The summed E-state index contributed by atoms with van der Waals surface area (Å²) >= 11 is 0. The molecular weight excluding hydrogens is 370 g/mol. The molecule has 1 aromatic heterocycles. The summed E-state index contributed by atoms with van der Waals surface area (Å²) in [5.74, 6) is 0.924. The van der Waals surface area contributed by atoms with Gasteiger partial charge in [-0.05, 0) is 30.5 Å². The van der Waals surface area contributed by atoms with Crippen molar-refractivity contribution in [3.05, 3.63) is 48.5 Å². The summed E-state index contributed by atoms with van der Waals surface area (Å²) in [6, 6.07) is 14.6. The minimum absolute atomic E-state index is 0.00838.